The van der Waals surface area contributed by atoms with E-state index in [-0.39, 0.29) is 11.7 Å². The van der Waals surface area contributed by atoms with Gasteiger partial charge in [-0.25, -0.2) is 19.2 Å². The van der Waals surface area contributed by atoms with Crippen molar-refractivity contribution in [2.24, 2.45) is 0 Å². The number of hydrogen-bond donors (Lipinski definition) is 2. The fraction of sp³-hybridized carbons (Fsp3) is 0.421. The molecule has 1 aliphatic rings. The summed E-state index contributed by atoms with van der Waals surface area (Å²) in [7, 11) is 0. The normalized spacial score (nSPS) is 14.8. The average molecular weight is 372 g/mol. The Morgan fingerprint density at radius 3 is 2.63 bits per heavy atom. The summed E-state index contributed by atoms with van der Waals surface area (Å²) in [6.45, 7) is 6.93. The zero-order chi connectivity index (χ0) is 19.1. The topological polar surface area (TPSA) is 73.4 Å². The van der Waals surface area contributed by atoms with Gasteiger partial charge < -0.3 is 15.5 Å². The number of nitrogens with one attached hydrogen (secondary N) is 2. The van der Waals surface area contributed by atoms with Crippen molar-refractivity contribution < 1.29 is 9.18 Å². The molecule has 0 bridgehead atoms. The molecule has 0 unspecified atom stereocenters. The molecule has 8 heteroatoms. The van der Waals surface area contributed by atoms with Crippen molar-refractivity contribution in [3.63, 3.8) is 0 Å². The fourth-order valence-electron chi connectivity index (χ4n) is 3.02. The molecular weight excluding hydrogens is 347 g/mol. The van der Waals surface area contributed by atoms with Crippen LogP contribution < -0.4 is 15.5 Å². The smallest absolute Gasteiger partial charge is 0.319 e. The maximum absolute atomic E-state index is 13.7. The second-order valence-corrected chi connectivity index (χ2v) is 6.60. The predicted octanol–water partition coefficient (Wildman–Crippen LogP) is 2.26. The van der Waals surface area contributed by atoms with E-state index in [1.807, 2.05) is 6.07 Å². The maximum atomic E-state index is 13.7. The molecule has 2 heterocycles. The van der Waals surface area contributed by atoms with E-state index in [1.54, 1.807) is 31.5 Å². The summed E-state index contributed by atoms with van der Waals surface area (Å²) in [6.07, 6.45) is 4.35. The van der Waals surface area contributed by atoms with E-state index in [1.165, 1.54) is 6.07 Å². The van der Waals surface area contributed by atoms with Crippen molar-refractivity contribution in [1.82, 2.24) is 20.2 Å². The molecule has 7 nitrogen and oxygen atoms in total. The number of carbonyl (C=O) groups excluding carboxylic acids is 1. The summed E-state index contributed by atoms with van der Waals surface area (Å²) in [5.41, 5.74) is 1.01. The Hall–Kier alpha value is -2.74. The van der Waals surface area contributed by atoms with E-state index in [4.69, 9.17) is 0 Å². The van der Waals surface area contributed by atoms with Crippen LogP contribution in [-0.4, -0.2) is 60.2 Å². The quantitative estimate of drug-likeness (QED) is 0.761. The SMILES string of the molecule is Cc1ccc(NC(=O)NCCCN2CCN(c3ncccn3)CC2)c(F)c1. The van der Waals surface area contributed by atoms with Gasteiger partial charge in [0.25, 0.3) is 0 Å². The Balaban J connectivity index is 1.32. The van der Waals surface area contributed by atoms with Crippen molar-refractivity contribution >= 4 is 17.7 Å². The lowest BCUT2D eigenvalue weighted by molar-refractivity contribution is 0.243. The van der Waals surface area contributed by atoms with E-state index in [0.717, 1.165) is 50.7 Å². The standard InChI is InChI=1S/C19H25FN6O/c1-15-4-5-17(16(20)14-15)24-19(27)23-8-3-9-25-10-12-26(13-11-25)18-21-6-2-7-22-18/h2,4-7,14H,3,8-13H2,1H3,(H2,23,24,27). The highest BCUT2D eigenvalue weighted by atomic mass is 19.1. The summed E-state index contributed by atoms with van der Waals surface area (Å²) >= 11 is 0. The molecule has 1 fully saturated rings. The Morgan fingerprint density at radius 2 is 1.93 bits per heavy atom. The number of rotatable bonds is 6. The Kier molecular flexibility index (Phi) is 6.54. The third-order valence-corrected chi connectivity index (χ3v) is 4.52. The van der Waals surface area contributed by atoms with Gasteiger partial charge in [-0.3, -0.25) is 4.90 Å². The highest BCUT2D eigenvalue weighted by Crippen LogP contribution is 2.15. The number of piperazine rings is 1. The first kappa shape index (κ1) is 19.0. The molecule has 1 saturated heterocycles. The molecule has 27 heavy (non-hydrogen) atoms. The van der Waals surface area contributed by atoms with Crippen LogP contribution >= 0.6 is 0 Å². The fourth-order valence-corrected chi connectivity index (χ4v) is 3.02. The number of aryl methyl sites for hydroxylation is 1. The second kappa shape index (κ2) is 9.27. The van der Waals surface area contributed by atoms with Gasteiger partial charge in [0, 0.05) is 45.1 Å². The van der Waals surface area contributed by atoms with Gasteiger partial charge in [0.2, 0.25) is 5.95 Å². The number of nitrogens with zero attached hydrogens (tertiary/aromatic N) is 4. The average Bonchev–Trinajstić information content (AvgIpc) is 2.69. The zero-order valence-corrected chi connectivity index (χ0v) is 15.5. The van der Waals surface area contributed by atoms with Crippen molar-refractivity contribution in [1.29, 1.82) is 0 Å². The molecule has 2 amide bonds. The minimum Gasteiger partial charge on any atom is -0.338 e. The van der Waals surface area contributed by atoms with E-state index < -0.39 is 5.82 Å². The summed E-state index contributed by atoms with van der Waals surface area (Å²) < 4.78 is 13.7. The summed E-state index contributed by atoms with van der Waals surface area (Å²) in [5.74, 6) is 0.351. The molecule has 2 aromatic rings. The first-order valence-electron chi connectivity index (χ1n) is 9.17. The third-order valence-electron chi connectivity index (χ3n) is 4.52. The number of carbonyl (C=O) groups is 1. The van der Waals surface area contributed by atoms with Gasteiger partial charge >= 0.3 is 6.03 Å². The number of anilines is 2. The first-order chi connectivity index (χ1) is 13.1. The van der Waals surface area contributed by atoms with Gasteiger partial charge in [-0.1, -0.05) is 6.07 Å². The number of aromatic nitrogens is 2. The van der Waals surface area contributed by atoms with Gasteiger partial charge in [-0.15, -0.1) is 0 Å². The van der Waals surface area contributed by atoms with Crippen LogP contribution in [0.5, 0.6) is 0 Å². The Morgan fingerprint density at radius 1 is 1.19 bits per heavy atom. The van der Waals surface area contributed by atoms with Gasteiger partial charge in [0.05, 0.1) is 5.69 Å². The number of halogens is 1. The molecule has 1 aliphatic heterocycles. The molecule has 2 N–H and O–H groups in total. The van der Waals surface area contributed by atoms with Gasteiger partial charge in [-0.2, -0.15) is 0 Å². The molecule has 144 valence electrons. The molecule has 0 saturated carbocycles. The van der Waals surface area contributed by atoms with Crippen molar-refractivity contribution in [2.75, 3.05) is 49.5 Å². The third kappa shape index (κ3) is 5.62. The number of urea groups is 1. The van der Waals surface area contributed by atoms with Gasteiger partial charge in [0.1, 0.15) is 5.82 Å². The van der Waals surface area contributed by atoms with E-state index in [0.29, 0.717) is 6.54 Å². The molecule has 0 spiro atoms. The van der Waals surface area contributed by atoms with E-state index in [9.17, 15) is 9.18 Å². The van der Waals surface area contributed by atoms with Gasteiger partial charge in [-0.05, 0) is 43.7 Å². The molecule has 1 aromatic carbocycles. The van der Waals surface area contributed by atoms with E-state index >= 15 is 0 Å². The lowest BCUT2D eigenvalue weighted by Crippen LogP contribution is -2.47. The molecule has 0 atom stereocenters. The number of benzene rings is 1. The number of hydrogen-bond acceptors (Lipinski definition) is 5. The predicted molar refractivity (Wildman–Crippen MR) is 103 cm³/mol. The minimum atomic E-state index is -0.426. The van der Waals surface area contributed by atoms with Crippen LogP contribution in [0.15, 0.2) is 36.7 Å². The summed E-state index contributed by atoms with van der Waals surface area (Å²) in [5, 5.41) is 5.31. The second-order valence-electron chi connectivity index (χ2n) is 6.60. The largest absolute Gasteiger partial charge is 0.338 e. The molecule has 0 aliphatic carbocycles. The van der Waals surface area contributed by atoms with Crippen LogP contribution in [0.2, 0.25) is 0 Å². The van der Waals surface area contributed by atoms with Crippen LogP contribution in [0.1, 0.15) is 12.0 Å². The molecular formula is C19H25FN6O. The number of amides is 2. The van der Waals surface area contributed by atoms with Crippen molar-refractivity contribution in [3.05, 3.63) is 48.0 Å². The van der Waals surface area contributed by atoms with Crippen LogP contribution in [0.3, 0.4) is 0 Å². The van der Waals surface area contributed by atoms with Crippen molar-refractivity contribution in [3.8, 4) is 0 Å². The summed E-state index contributed by atoms with van der Waals surface area (Å²) in [6, 6.07) is 6.16. The highest BCUT2D eigenvalue weighted by molar-refractivity contribution is 5.89. The van der Waals surface area contributed by atoms with Crippen LogP contribution in [0.4, 0.5) is 20.8 Å². The van der Waals surface area contributed by atoms with Gasteiger partial charge in [0.15, 0.2) is 0 Å². The highest BCUT2D eigenvalue weighted by Gasteiger charge is 2.18. The molecule has 0 radical (unpaired) electrons. The lowest BCUT2D eigenvalue weighted by Gasteiger charge is -2.34. The Labute approximate surface area is 158 Å². The van der Waals surface area contributed by atoms with E-state index in [2.05, 4.69) is 30.4 Å². The Bertz CT molecular complexity index is 749. The monoisotopic (exact) mass is 372 g/mol. The van der Waals surface area contributed by atoms with Crippen LogP contribution in [0.25, 0.3) is 0 Å². The summed E-state index contributed by atoms with van der Waals surface area (Å²) in [4.78, 5) is 25.0. The lowest BCUT2D eigenvalue weighted by atomic mass is 10.2. The maximum Gasteiger partial charge on any atom is 0.319 e. The zero-order valence-electron chi connectivity index (χ0n) is 15.5. The van der Waals surface area contributed by atoms with Crippen LogP contribution in [-0.2, 0) is 0 Å². The molecule has 3 rings (SSSR count). The first-order valence-corrected chi connectivity index (χ1v) is 9.17. The van der Waals surface area contributed by atoms with Crippen molar-refractivity contribution in [2.45, 2.75) is 13.3 Å². The van der Waals surface area contributed by atoms with Crippen LogP contribution in [0, 0.1) is 12.7 Å². The minimum absolute atomic E-state index is 0.192. The molecule has 1 aromatic heterocycles.